The number of rotatable bonds is 4. The fourth-order valence-electron chi connectivity index (χ4n) is 3.03. The lowest BCUT2D eigenvalue weighted by Crippen LogP contribution is -2.28. The van der Waals surface area contributed by atoms with Crippen molar-refractivity contribution in [2.75, 3.05) is 13.1 Å². The highest BCUT2D eigenvalue weighted by Gasteiger charge is 2.20. The molecule has 1 saturated heterocycles. The first kappa shape index (κ1) is 14.7. The second kappa shape index (κ2) is 5.96. The SMILES string of the molecule is O=C1CCCN1CCc1nc2cc(-c3ccccc3)oc2c(=O)[nH]1. The van der Waals surface area contributed by atoms with E-state index in [0.717, 1.165) is 18.5 Å². The fourth-order valence-corrected chi connectivity index (χ4v) is 3.03. The molecule has 0 spiro atoms. The highest BCUT2D eigenvalue weighted by atomic mass is 16.3. The summed E-state index contributed by atoms with van der Waals surface area (Å²) < 4.78 is 5.66. The molecule has 6 heteroatoms. The first-order chi connectivity index (χ1) is 11.7. The van der Waals surface area contributed by atoms with Crippen molar-refractivity contribution in [2.45, 2.75) is 19.3 Å². The minimum atomic E-state index is -0.287. The van der Waals surface area contributed by atoms with Crippen molar-refractivity contribution in [2.24, 2.45) is 0 Å². The van der Waals surface area contributed by atoms with Crippen LogP contribution in [0.5, 0.6) is 0 Å². The molecule has 1 aliphatic heterocycles. The van der Waals surface area contributed by atoms with Crippen LogP contribution in [0.2, 0.25) is 0 Å². The van der Waals surface area contributed by atoms with E-state index in [2.05, 4.69) is 9.97 Å². The number of amides is 1. The highest BCUT2D eigenvalue weighted by Crippen LogP contribution is 2.24. The molecule has 1 aliphatic rings. The molecule has 0 radical (unpaired) electrons. The second-order valence-electron chi connectivity index (χ2n) is 5.94. The van der Waals surface area contributed by atoms with E-state index in [-0.39, 0.29) is 17.0 Å². The van der Waals surface area contributed by atoms with Crippen LogP contribution in [-0.4, -0.2) is 33.9 Å². The van der Waals surface area contributed by atoms with E-state index in [0.29, 0.717) is 36.5 Å². The van der Waals surface area contributed by atoms with E-state index in [4.69, 9.17) is 4.42 Å². The number of hydrogen-bond donors (Lipinski definition) is 1. The Bertz CT molecular complexity index is 943. The molecule has 0 unspecified atom stereocenters. The number of likely N-dealkylation sites (tertiary alicyclic amines) is 1. The molecular weight excluding hydrogens is 306 g/mol. The largest absolute Gasteiger partial charge is 0.449 e. The molecule has 1 N–H and O–H groups in total. The van der Waals surface area contributed by atoms with Crippen LogP contribution >= 0.6 is 0 Å². The summed E-state index contributed by atoms with van der Waals surface area (Å²) in [6, 6.07) is 11.4. The lowest BCUT2D eigenvalue weighted by molar-refractivity contribution is -0.127. The zero-order chi connectivity index (χ0) is 16.5. The van der Waals surface area contributed by atoms with Crippen LogP contribution in [0.4, 0.5) is 0 Å². The molecule has 0 aliphatic carbocycles. The summed E-state index contributed by atoms with van der Waals surface area (Å²) in [5.74, 6) is 1.37. The topological polar surface area (TPSA) is 79.2 Å². The molecule has 1 amide bonds. The Morgan fingerprint density at radius 2 is 2.04 bits per heavy atom. The molecule has 0 bridgehead atoms. The summed E-state index contributed by atoms with van der Waals surface area (Å²) in [6.07, 6.45) is 2.05. The molecule has 0 atom stereocenters. The molecule has 24 heavy (non-hydrogen) atoms. The fraction of sp³-hybridized carbons (Fsp3) is 0.278. The summed E-state index contributed by atoms with van der Waals surface area (Å²) in [5.41, 5.74) is 1.39. The Morgan fingerprint density at radius 3 is 2.79 bits per heavy atom. The maximum atomic E-state index is 12.2. The third-order valence-electron chi connectivity index (χ3n) is 4.28. The summed E-state index contributed by atoms with van der Waals surface area (Å²) in [5, 5.41) is 0. The molecule has 122 valence electrons. The van der Waals surface area contributed by atoms with Crippen LogP contribution in [0, 0.1) is 0 Å². The maximum absolute atomic E-state index is 12.2. The quantitative estimate of drug-likeness (QED) is 0.799. The van der Waals surface area contributed by atoms with Gasteiger partial charge in [-0.15, -0.1) is 0 Å². The highest BCUT2D eigenvalue weighted by molar-refractivity contribution is 5.79. The summed E-state index contributed by atoms with van der Waals surface area (Å²) >= 11 is 0. The predicted molar refractivity (Wildman–Crippen MR) is 89.6 cm³/mol. The third-order valence-corrected chi connectivity index (χ3v) is 4.28. The number of H-pyrrole nitrogens is 1. The van der Waals surface area contributed by atoms with Crippen LogP contribution in [0.3, 0.4) is 0 Å². The van der Waals surface area contributed by atoms with Crippen molar-refractivity contribution in [3.63, 3.8) is 0 Å². The molecule has 1 aromatic carbocycles. The van der Waals surface area contributed by atoms with Crippen molar-refractivity contribution in [1.29, 1.82) is 0 Å². The molecule has 4 rings (SSSR count). The van der Waals surface area contributed by atoms with Crippen molar-refractivity contribution in [3.05, 3.63) is 52.6 Å². The maximum Gasteiger partial charge on any atom is 0.294 e. The van der Waals surface area contributed by atoms with Gasteiger partial charge in [0.1, 0.15) is 17.1 Å². The van der Waals surface area contributed by atoms with E-state index >= 15 is 0 Å². The Morgan fingerprint density at radius 1 is 1.21 bits per heavy atom. The molecule has 6 nitrogen and oxygen atoms in total. The van der Waals surface area contributed by atoms with E-state index < -0.39 is 0 Å². The number of nitrogens with zero attached hydrogens (tertiary/aromatic N) is 2. The number of aromatic amines is 1. The van der Waals surface area contributed by atoms with E-state index in [1.807, 2.05) is 35.2 Å². The monoisotopic (exact) mass is 323 g/mol. The zero-order valence-electron chi connectivity index (χ0n) is 13.1. The minimum absolute atomic E-state index is 0.174. The van der Waals surface area contributed by atoms with Gasteiger partial charge in [-0.05, 0) is 6.42 Å². The number of hydrogen-bond acceptors (Lipinski definition) is 4. The van der Waals surface area contributed by atoms with Gasteiger partial charge in [0.15, 0.2) is 0 Å². The van der Waals surface area contributed by atoms with Gasteiger partial charge >= 0.3 is 0 Å². The smallest absolute Gasteiger partial charge is 0.294 e. The van der Waals surface area contributed by atoms with E-state index in [1.54, 1.807) is 6.07 Å². The van der Waals surface area contributed by atoms with E-state index in [9.17, 15) is 9.59 Å². The van der Waals surface area contributed by atoms with Crippen molar-refractivity contribution >= 4 is 17.0 Å². The van der Waals surface area contributed by atoms with Gasteiger partial charge in [0.2, 0.25) is 11.5 Å². The minimum Gasteiger partial charge on any atom is -0.449 e. The van der Waals surface area contributed by atoms with Gasteiger partial charge in [-0.25, -0.2) is 4.98 Å². The van der Waals surface area contributed by atoms with Crippen molar-refractivity contribution in [1.82, 2.24) is 14.9 Å². The number of fused-ring (bicyclic) bond motifs is 1. The number of aromatic nitrogens is 2. The van der Waals surface area contributed by atoms with Gasteiger partial charge in [0.05, 0.1) is 0 Å². The lowest BCUT2D eigenvalue weighted by atomic mass is 10.2. The third kappa shape index (κ3) is 2.71. The Balaban J connectivity index is 1.62. The Labute approximate surface area is 138 Å². The predicted octanol–water partition coefficient (Wildman–Crippen LogP) is 2.35. The Hall–Kier alpha value is -2.89. The van der Waals surface area contributed by atoms with E-state index in [1.165, 1.54) is 0 Å². The summed E-state index contributed by atoms with van der Waals surface area (Å²) in [7, 11) is 0. The van der Waals surface area contributed by atoms with Gasteiger partial charge in [0.25, 0.3) is 5.56 Å². The number of carbonyl (C=O) groups excluding carboxylic acids is 1. The van der Waals surface area contributed by atoms with Gasteiger partial charge in [-0.1, -0.05) is 30.3 Å². The first-order valence-corrected chi connectivity index (χ1v) is 8.06. The first-order valence-electron chi connectivity index (χ1n) is 8.06. The van der Waals surface area contributed by atoms with Gasteiger partial charge in [-0.2, -0.15) is 0 Å². The second-order valence-corrected chi connectivity index (χ2v) is 5.94. The molecule has 3 aromatic rings. The lowest BCUT2D eigenvalue weighted by Gasteiger charge is -2.14. The number of benzene rings is 1. The van der Waals surface area contributed by atoms with Crippen LogP contribution in [0.1, 0.15) is 18.7 Å². The van der Waals surface area contributed by atoms with Gasteiger partial charge in [-0.3, -0.25) is 9.59 Å². The summed E-state index contributed by atoms with van der Waals surface area (Å²) in [4.78, 5) is 32.9. The van der Waals surface area contributed by atoms with Crippen LogP contribution in [0.15, 0.2) is 45.6 Å². The molecular formula is C18H17N3O3. The van der Waals surface area contributed by atoms with Gasteiger partial charge < -0.3 is 14.3 Å². The zero-order valence-corrected chi connectivity index (χ0v) is 13.1. The van der Waals surface area contributed by atoms with Crippen LogP contribution < -0.4 is 5.56 Å². The van der Waals surface area contributed by atoms with Crippen LogP contribution in [-0.2, 0) is 11.2 Å². The number of carbonyl (C=O) groups is 1. The van der Waals surface area contributed by atoms with Crippen LogP contribution in [0.25, 0.3) is 22.4 Å². The molecule has 1 fully saturated rings. The van der Waals surface area contributed by atoms with Crippen molar-refractivity contribution in [3.8, 4) is 11.3 Å². The molecule has 2 aromatic heterocycles. The number of nitrogens with one attached hydrogen (secondary N) is 1. The average Bonchev–Trinajstić information content (AvgIpc) is 3.20. The normalized spacial score (nSPS) is 14.7. The number of furan rings is 1. The standard InChI is InChI=1S/C18H17N3O3/c22-16-7-4-9-21(16)10-8-15-19-13-11-14(12-5-2-1-3-6-12)24-17(13)18(23)20-15/h1-3,5-6,11H,4,7-10H2,(H,19,20,23). The van der Waals surface area contributed by atoms with Crippen molar-refractivity contribution < 1.29 is 9.21 Å². The molecule has 0 saturated carbocycles. The van der Waals surface area contributed by atoms with Gasteiger partial charge in [0, 0.05) is 37.6 Å². The summed E-state index contributed by atoms with van der Waals surface area (Å²) in [6.45, 7) is 1.37. The average molecular weight is 323 g/mol. The Kier molecular flexibility index (Phi) is 3.65. The molecule has 3 heterocycles.